The lowest BCUT2D eigenvalue weighted by Crippen LogP contribution is -2.33. The van der Waals surface area contributed by atoms with Crippen LogP contribution >= 0.6 is 11.8 Å². The van der Waals surface area contributed by atoms with E-state index in [2.05, 4.69) is 17.2 Å². The molecule has 0 aromatic carbocycles. The van der Waals surface area contributed by atoms with E-state index in [1.54, 1.807) is 16.7 Å². The van der Waals surface area contributed by atoms with Gasteiger partial charge in [0.05, 0.1) is 0 Å². The minimum Gasteiger partial charge on any atom is -0.362 e. The van der Waals surface area contributed by atoms with Crippen LogP contribution < -0.4 is 5.32 Å². The Morgan fingerprint density at radius 1 is 1.60 bits per heavy atom. The maximum Gasteiger partial charge on any atom is 0.244 e. The van der Waals surface area contributed by atoms with E-state index in [0.29, 0.717) is 6.04 Å². The number of carbonyl (C=O) groups excluding carboxylic acids is 1. The van der Waals surface area contributed by atoms with Gasteiger partial charge in [0.15, 0.2) is 5.17 Å². The van der Waals surface area contributed by atoms with Crippen LogP contribution in [0.3, 0.4) is 0 Å². The first-order valence-electron chi connectivity index (χ1n) is 5.38. The van der Waals surface area contributed by atoms with Crippen molar-refractivity contribution in [2.75, 3.05) is 25.4 Å². The summed E-state index contributed by atoms with van der Waals surface area (Å²) in [5, 5.41) is 4.13. The van der Waals surface area contributed by atoms with Gasteiger partial charge in [-0.05, 0) is 20.8 Å². The number of thioether (sulfide) groups is 1. The molecule has 4 nitrogen and oxygen atoms in total. The van der Waals surface area contributed by atoms with Gasteiger partial charge in [0.2, 0.25) is 5.91 Å². The topological polar surface area (TPSA) is 44.7 Å². The molecule has 5 heteroatoms. The van der Waals surface area contributed by atoms with Crippen molar-refractivity contribution in [3.05, 3.63) is 0 Å². The molecule has 0 aliphatic carbocycles. The standard InChI is InChI=1S/C10H19N3OS/c1-4-13(5-2)9(14)6-11-10-12-8(3)7-15-10/h8H,4-7H2,1-3H3,(H,11,12). The van der Waals surface area contributed by atoms with E-state index in [1.807, 2.05) is 13.8 Å². The van der Waals surface area contributed by atoms with Gasteiger partial charge in [-0.3, -0.25) is 9.79 Å². The van der Waals surface area contributed by atoms with Gasteiger partial charge in [-0.15, -0.1) is 0 Å². The molecule has 1 unspecified atom stereocenters. The van der Waals surface area contributed by atoms with Gasteiger partial charge in [-0.2, -0.15) is 0 Å². The fourth-order valence-corrected chi connectivity index (χ4v) is 2.34. The summed E-state index contributed by atoms with van der Waals surface area (Å²) >= 11 is 1.69. The van der Waals surface area contributed by atoms with Crippen LogP contribution in [-0.4, -0.2) is 47.4 Å². The first-order chi connectivity index (χ1) is 7.17. The van der Waals surface area contributed by atoms with Crippen LogP contribution in [0.4, 0.5) is 0 Å². The molecular weight excluding hydrogens is 210 g/mol. The number of hydrogen-bond donors (Lipinski definition) is 1. The van der Waals surface area contributed by atoms with Crippen molar-refractivity contribution in [2.24, 2.45) is 4.99 Å². The van der Waals surface area contributed by atoms with Gasteiger partial charge in [0.25, 0.3) is 0 Å². The summed E-state index contributed by atoms with van der Waals surface area (Å²) in [4.78, 5) is 17.7. The molecular formula is C10H19N3OS. The van der Waals surface area contributed by atoms with E-state index in [1.165, 1.54) is 0 Å². The second-order valence-corrected chi connectivity index (χ2v) is 4.55. The first kappa shape index (κ1) is 12.4. The third kappa shape index (κ3) is 3.74. The molecule has 0 radical (unpaired) electrons. The highest BCUT2D eigenvalue weighted by atomic mass is 32.2. The summed E-state index contributed by atoms with van der Waals surface area (Å²) in [5.74, 6) is 1.15. The summed E-state index contributed by atoms with van der Waals surface area (Å²) in [5.41, 5.74) is 0. The number of amidine groups is 1. The van der Waals surface area contributed by atoms with Gasteiger partial charge >= 0.3 is 0 Å². The third-order valence-electron chi connectivity index (χ3n) is 2.31. The molecule has 15 heavy (non-hydrogen) atoms. The molecule has 0 aromatic heterocycles. The number of hydrogen-bond acceptors (Lipinski definition) is 3. The molecule has 86 valence electrons. The van der Waals surface area contributed by atoms with E-state index in [9.17, 15) is 4.79 Å². The van der Waals surface area contributed by atoms with Crippen molar-refractivity contribution in [2.45, 2.75) is 26.8 Å². The molecule has 1 fully saturated rings. The SMILES string of the molecule is CCN(CC)C(=O)CN=C1NC(C)CS1. The summed E-state index contributed by atoms with van der Waals surface area (Å²) in [6, 6.07) is 0.470. The number of amides is 1. The quantitative estimate of drug-likeness (QED) is 0.780. The van der Waals surface area contributed by atoms with Gasteiger partial charge in [-0.1, -0.05) is 11.8 Å². The molecule has 0 saturated carbocycles. The second-order valence-electron chi connectivity index (χ2n) is 3.54. The Balaban J connectivity index is 2.39. The fraction of sp³-hybridized carbons (Fsp3) is 0.800. The molecule has 1 amide bonds. The van der Waals surface area contributed by atoms with Crippen molar-refractivity contribution in [3.63, 3.8) is 0 Å². The molecule has 0 aromatic rings. The predicted octanol–water partition coefficient (Wildman–Crippen LogP) is 0.936. The van der Waals surface area contributed by atoms with E-state index in [4.69, 9.17) is 0 Å². The van der Waals surface area contributed by atoms with Crippen molar-refractivity contribution in [1.29, 1.82) is 0 Å². The van der Waals surface area contributed by atoms with E-state index < -0.39 is 0 Å². The zero-order chi connectivity index (χ0) is 11.3. The van der Waals surface area contributed by atoms with Gasteiger partial charge in [0, 0.05) is 24.9 Å². The Morgan fingerprint density at radius 2 is 2.27 bits per heavy atom. The normalized spacial score (nSPS) is 22.9. The van der Waals surface area contributed by atoms with E-state index in [0.717, 1.165) is 24.0 Å². The minimum absolute atomic E-state index is 0.106. The van der Waals surface area contributed by atoms with E-state index >= 15 is 0 Å². The molecule has 0 spiro atoms. The van der Waals surface area contributed by atoms with Gasteiger partial charge in [0.1, 0.15) is 6.54 Å². The number of likely N-dealkylation sites (N-methyl/N-ethyl adjacent to an activating group) is 1. The maximum absolute atomic E-state index is 11.6. The number of aliphatic imine (C=N–C) groups is 1. The first-order valence-corrected chi connectivity index (χ1v) is 6.37. The molecule has 1 N–H and O–H groups in total. The number of nitrogens with one attached hydrogen (secondary N) is 1. The maximum atomic E-state index is 11.6. The van der Waals surface area contributed by atoms with Crippen LogP contribution in [-0.2, 0) is 4.79 Å². The van der Waals surface area contributed by atoms with Crippen LogP contribution in [0.5, 0.6) is 0 Å². The lowest BCUT2D eigenvalue weighted by atomic mass is 10.4. The molecule has 1 rings (SSSR count). The second kappa shape index (κ2) is 6.00. The van der Waals surface area contributed by atoms with Crippen LogP contribution in [0, 0.1) is 0 Å². The monoisotopic (exact) mass is 229 g/mol. The van der Waals surface area contributed by atoms with Crippen LogP contribution in [0.1, 0.15) is 20.8 Å². The Labute approximate surface area is 95.5 Å². The zero-order valence-electron chi connectivity index (χ0n) is 9.62. The van der Waals surface area contributed by atoms with E-state index in [-0.39, 0.29) is 12.5 Å². The lowest BCUT2D eigenvalue weighted by molar-refractivity contribution is -0.129. The van der Waals surface area contributed by atoms with Crippen LogP contribution in [0.2, 0.25) is 0 Å². The number of carbonyl (C=O) groups is 1. The highest BCUT2D eigenvalue weighted by Crippen LogP contribution is 2.12. The van der Waals surface area contributed by atoms with Crippen LogP contribution in [0.25, 0.3) is 0 Å². The molecule has 1 heterocycles. The summed E-state index contributed by atoms with van der Waals surface area (Å²) in [6.07, 6.45) is 0. The third-order valence-corrected chi connectivity index (χ3v) is 3.50. The Hall–Kier alpha value is -0.710. The zero-order valence-corrected chi connectivity index (χ0v) is 10.4. The molecule has 1 aliphatic heterocycles. The van der Waals surface area contributed by atoms with Crippen molar-refractivity contribution < 1.29 is 4.79 Å². The average Bonchev–Trinajstić information content (AvgIpc) is 2.63. The van der Waals surface area contributed by atoms with Crippen molar-refractivity contribution in [3.8, 4) is 0 Å². The van der Waals surface area contributed by atoms with Gasteiger partial charge in [-0.25, -0.2) is 0 Å². The minimum atomic E-state index is 0.106. The molecule has 1 saturated heterocycles. The molecule has 0 bridgehead atoms. The lowest BCUT2D eigenvalue weighted by Gasteiger charge is -2.17. The highest BCUT2D eigenvalue weighted by molar-refractivity contribution is 8.14. The summed E-state index contributed by atoms with van der Waals surface area (Å²) < 4.78 is 0. The Bertz CT molecular complexity index is 251. The summed E-state index contributed by atoms with van der Waals surface area (Å²) in [6.45, 7) is 7.87. The highest BCUT2D eigenvalue weighted by Gasteiger charge is 2.16. The van der Waals surface area contributed by atoms with Crippen LogP contribution in [0.15, 0.2) is 4.99 Å². The smallest absolute Gasteiger partial charge is 0.244 e. The molecule has 1 aliphatic rings. The Morgan fingerprint density at radius 3 is 2.73 bits per heavy atom. The number of nitrogens with zero attached hydrogens (tertiary/aromatic N) is 2. The van der Waals surface area contributed by atoms with Gasteiger partial charge < -0.3 is 10.2 Å². The van der Waals surface area contributed by atoms with Crippen molar-refractivity contribution >= 4 is 22.8 Å². The predicted molar refractivity (Wildman–Crippen MR) is 65.3 cm³/mol. The molecule has 1 atom stereocenters. The summed E-state index contributed by atoms with van der Waals surface area (Å²) in [7, 11) is 0. The fourth-order valence-electron chi connectivity index (χ4n) is 1.41. The largest absolute Gasteiger partial charge is 0.362 e. The average molecular weight is 229 g/mol. The van der Waals surface area contributed by atoms with Crippen molar-refractivity contribution in [1.82, 2.24) is 10.2 Å². The Kier molecular flexibility index (Phi) is 4.94. The number of rotatable bonds is 4.